The Labute approximate surface area is 117 Å². The molecule has 0 aromatic heterocycles. The first-order chi connectivity index (χ1) is 9.78. The molecule has 4 nitrogen and oxygen atoms in total. The van der Waals surface area contributed by atoms with Crippen LogP contribution in [0.25, 0.3) is 0 Å². The van der Waals surface area contributed by atoms with Crippen molar-refractivity contribution in [3.05, 3.63) is 42.5 Å². The van der Waals surface area contributed by atoms with E-state index < -0.39 is 24.2 Å². The van der Waals surface area contributed by atoms with Crippen molar-refractivity contribution in [2.45, 2.75) is 12.3 Å². The molecule has 0 atom stereocenters. The van der Waals surface area contributed by atoms with Gasteiger partial charge in [-0.05, 0) is 24.3 Å². The fourth-order valence-corrected chi connectivity index (χ4v) is 1.29. The number of carbonyl (C=O) groups excluding carboxylic acids is 2. The molecule has 2 amide bonds. The van der Waals surface area contributed by atoms with Gasteiger partial charge in [0.2, 0.25) is 0 Å². The summed E-state index contributed by atoms with van der Waals surface area (Å²) < 4.78 is 49.4. The number of alkyl halides is 4. The molecular formula is C13H12F4N2O2. The Morgan fingerprint density at radius 2 is 1.81 bits per heavy atom. The van der Waals surface area contributed by atoms with Gasteiger partial charge in [-0.2, -0.15) is 8.78 Å². The summed E-state index contributed by atoms with van der Waals surface area (Å²) in [5.41, 5.74) is 0.0936. The van der Waals surface area contributed by atoms with Crippen molar-refractivity contribution in [3.8, 4) is 0 Å². The van der Waals surface area contributed by atoms with Gasteiger partial charge in [-0.25, -0.2) is 8.78 Å². The van der Waals surface area contributed by atoms with E-state index in [1.807, 2.05) is 0 Å². The topological polar surface area (TPSA) is 58.2 Å². The minimum atomic E-state index is -4.78. The van der Waals surface area contributed by atoms with Crippen LogP contribution in [-0.2, 0) is 4.79 Å². The van der Waals surface area contributed by atoms with Gasteiger partial charge in [0, 0.05) is 17.8 Å². The molecule has 0 saturated heterocycles. The van der Waals surface area contributed by atoms with E-state index in [0.717, 1.165) is 12.1 Å². The summed E-state index contributed by atoms with van der Waals surface area (Å²) in [5, 5.41) is 4.14. The Bertz CT molecular complexity index is 529. The maximum Gasteiger partial charge on any atom is 0.383 e. The quantitative estimate of drug-likeness (QED) is 0.626. The summed E-state index contributed by atoms with van der Waals surface area (Å²) in [6.45, 7) is 3.66. The number of amides is 2. The molecule has 0 aliphatic rings. The molecule has 0 heterocycles. The molecule has 0 aliphatic heterocycles. The third-order valence-corrected chi connectivity index (χ3v) is 2.39. The maximum atomic E-state index is 12.7. The summed E-state index contributed by atoms with van der Waals surface area (Å²) in [4.78, 5) is 22.5. The standard InChI is InChI=1S/C13H12F4N2O2/c1-2-7-18-10(20)8-3-5-9(6-4-8)19-12(21)13(16,17)11(14)15/h2-6,11H,1,7H2,(H,18,20)(H,19,21). The molecule has 0 bridgehead atoms. The zero-order valence-electron chi connectivity index (χ0n) is 10.7. The van der Waals surface area contributed by atoms with Crippen molar-refractivity contribution in [1.29, 1.82) is 0 Å². The van der Waals surface area contributed by atoms with Crippen LogP contribution in [0.3, 0.4) is 0 Å². The molecule has 1 rings (SSSR count). The van der Waals surface area contributed by atoms with Gasteiger partial charge in [-0.1, -0.05) is 6.08 Å². The predicted molar refractivity (Wildman–Crippen MR) is 68.6 cm³/mol. The van der Waals surface area contributed by atoms with E-state index in [-0.39, 0.29) is 17.8 Å². The fraction of sp³-hybridized carbons (Fsp3) is 0.231. The number of halogens is 4. The second-order valence-corrected chi connectivity index (χ2v) is 3.95. The van der Waals surface area contributed by atoms with Crippen LogP contribution in [0, 0.1) is 0 Å². The molecule has 2 N–H and O–H groups in total. The number of rotatable bonds is 6. The number of anilines is 1. The third-order valence-electron chi connectivity index (χ3n) is 2.39. The monoisotopic (exact) mass is 304 g/mol. The first kappa shape index (κ1) is 16.7. The largest absolute Gasteiger partial charge is 0.383 e. The zero-order valence-corrected chi connectivity index (χ0v) is 10.7. The lowest BCUT2D eigenvalue weighted by Crippen LogP contribution is -2.40. The van der Waals surface area contributed by atoms with E-state index in [9.17, 15) is 27.2 Å². The van der Waals surface area contributed by atoms with Gasteiger partial charge >= 0.3 is 18.3 Å². The molecule has 0 unspecified atom stereocenters. The van der Waals surface area contributed by atoms with E-state index in [2.05, 4.69) is 11.9 Å². The highest BCUT2D eigenvalue weighted by molar-refractivity contribution is 5.98. The van der Waals surface area contributed by atoms with Gasteiger partial charge in [0.1, 0.15) is 0 Å². The molecule has 114 valence electrons. The average molecular weight is 304 g/mol. The van der Waals surface area contributed by atoms with Gasteiger partial charge in [-0.3, -0.25) is 9.59 Å². The van der Waals surface area contributed by atoms with Crippen LogP contribution in [0.1, 0.15) is 10.4 Å². The zero-order chi connectivity index (χ0) is 16.0. The first-order valence-corrected chi connectivity index (χ1v) is 5.75. The minimum Gasteiger partial charge on any atom is -0.349 e. The van der Waals surface area contributed by atoms with Crippen molar-refractivity contribution in [2.75, 3.05) is 11.9 Å². The highest BCUT2D eigenvalue weighted by atomic mass is 19.3. The lowest BCUT2D eigenvalue weighted by molar-refractivity contribution is -0.163. The Balaban J connectivity index is 2.73. The van der Waals surface area contributed by atoms with Crippen molar-refractivity contribution in [3.63, 3.8) is 0 Å². The molecule has 8 heteroatoms. The summed E-state index contributed by atoms with van der Waals surface area (Å²) in [6, 6.07) is 4.83. The van der Waals surface area contributed by atoms with E-state index in [4.69, 9.17) is 0 Å². The molecule has 1 aromatic rings. The molecular weight excluding hydrogens is 292 g/mol. The lowest BCUT2D eigenvalue weighted by Gasteiger charge is -2.14. The third kappa shape index (κ3) is 4.30. The Hall–Kier alpha value is -2.38. The summed E-state index contributed by atoms with van der Waals surface area (Å²) >= 11 is 0. The SMILES string of the molecule is C=CCNC(=O)c1ccc(NC(=O)C(F)(F)C(F)F)cc1. The molecule has 0 radical (unpaired) electrons. The van der Waals surface area contributed by atoms with Crippen LogP contribution < -0.4 is 10.6 Å². The van der Waals surface area contributed by atoms with Gasteiger partial charge < -0.3 is 10.6 Å². The van der Waals surface area contributed by atoms with Crippen LogP contribution >= 0.6 is 0 Å². The number of hydrogen-bond acceptors (Lipinski definition) is 2. The van der Waals surface area contributed by atoms with E-state index in [1.165, 1.54) is 18.2 Å². The van der Waals surface area contributed by atoms with Gasteiger partial charge in [0.05, 0.1) is 0 Å². The smallest absolute Gasteiger partial charge is 0.349 e. The molecule has 1 aromatic carbocycles. The highest BCUT2D eigenvalue weighted by Gasteiger charge is 2.48. The fourth-order valence-electron chi connectivity index (χ4n) is 1.29. The van der Waals surface area contributed by atoms with Gasteiger partial charge in [0.25, 0.3) is 5.91 Å². The number of nitrogens with one attached hydrogen (secondary N) is 2. The van der Waals surface area contributed by atoms with Gasteiger partial charge in [0.15, 0.2) is 0 Å². The van der Waals surface area contributed by atoms with Crippen LogP contribution in [0.15, 0.2) is 36.9 Å². The van der Waals surface area contributed by atoms with Crippen molar-refractivity contribution in [2.24, 2.45) is 0 Å². The molecule has 0 aliphatic carbocycles. The van der Waals surface area contributed by atoms with Crippen LogP contribution in [0.5, 0.6) is 0 Å². The van der Waals surface area contributed by atoms with Crippen LogP contribution in [0.4, 0.5) is 23.2 Å². The predicted octanol–water partition coefficient (Wildman–Crippen LogP) is 2.44. The minimum absolute atomic E-state index is 0.124. The first-order valence-electron chi connectivity index (χ1n) is 5.75. The molecule has 0 fully saturated rings. The van der Waals surface area contributed by atoms with E-state index in [0.29, 0.717) is 0 Å². The van der Waals surface area contributed by atoms with E-state index in [1.54, 1.807) is 5.32 Å². The number of carbonyl (C=O) groups is 2. The Morgan fingerprint density at radius 1 is 1.24 bits per heavy atom. The Morgan fingerprint density at radius 3 is 2.29 bits per heavy atom. The maximum absolute atomic E-state index is 12.7. The number of hydrogen-bond donors (Lipinski definition) is 2. The van der Waals surface area contributed by atoms with Gasteiger partial charge in [-0.15, -0.1) is 6.58 Å². The summed E-state index contributed by atoms with van der Waals surface area (Å²) in [6.07, 6.45) is -2.62. The van der Waals surface area contributed by atoms with Crippen LogP contribution in [-0.4, -0.2) is 30.7 Å². The molecule has 21 heavy (non-hydrogen) atoms. The summed E-state index contributed by atoms with van der Waals surface area (Å²) in [5.74, 6) is -7.31. The van der Waals surface area contributed by atoms with Crippen molar-refractivity contribution < 1.29 is 27.2 Å². The van der Waals surface area contributed by atoms with Crippen molar-refractivity contribution in [1.82, 2.24) is 5.32 Å². The molecule has 0 spiro atoms. The average Bonchev–Trinajstić information content (AvgIpc) is 2.45. The second-order valence-electron chi connectivity index (χ2n) is 3.95. The lowest BCUT2D eigenvalue weighted by atomic mass is 10.2. The van der Waals surface area contributed by atoms with E-state index >= 15 is 0 Å². The van der Waals surface area contributed by atoms with Crippen LogP contribution in [0.2, 0.25) is 0 Å². The molecule has 0 saturated carbocycles. The number of benzene rings is 1. The second kappa shape index (κ2) is 6.87. The highest BCUT2D eigenvalue weighted by Crippen LogP contribution is 2.24. The Kier molecular flexibility index (Phi) is 5.45. The normalized spacial score (nSPS) is 11.1. The summed E-state index contributed by atoms with van der Waals surface area (Å²) in [7, 11) is 0. The van der Waals surface area contributed by atoms with Crippen molar-refractivity contribution >= 4 is 17.5 Å².